The van der Waals surface area contributed by atoms with Crippen LogP contribution in [0, 0.1) is 0 Å². The van der Waals surface area contributed by atoms with Crippen LogP contribution >= 0.6 is 0 Å². The fourth-order valence-electron chi connectivity index (χ4n) is 3.12. The summed E-state index contributed by atoms with van der Waals surface area (Å²) in [5, 5.41) is 6.61. The first-order chi connectivity index (χ1) is 9.54. The summed E-state index contributed by atoms with van der Waals surface area (Å²) in [5.41, 5.74) is -0.399. The summed E-state index contributed by atoms with van der Waals surface area (Å²) in [6, 6.07) is 0.354. The second-order valence-electron chi connectivity index (χ2n) is 6.48. The summed E-state index contributed by atoms with van der Waals surface area (Å²) in [6.07, 6.45) is 2.16. The van der Waals surface area contributed by atoms with Crippen LogP contribution in [0.1, 0.15) is 33.6 Å². The van der Waals surface area contributed by atoms with E-state index in [1.165, 1.54) is 0 Å². The van der Waals surface area contributed by atoms with Crippen molar-refractivity contribution in [1.29, 1.82) is 0 Å². The number of nitrogens with zero attached hydrogens (tertiary/aromatic N) is 2. The van der Waals surface area contributed by atoms with Crippen LogP contribution in [-0.2, 0) is 4.79 Å². The maximum atomic E-state index is 12.6. The van der Waals surface area contributed by atoms with Gasteiger partial charge in [0, 0.05) is 45.3 Å². The minimum Gasteiger partial charge on any atom is -0.352 e. The Morgan fingerprint density at radius 2 is 1.80 bits per heavy atom. The van der Waals surface area contributed by atoms with E-state index >= 15 is 0 Å². The highest BCUT2D eigenvalue weighted by atomic mass is 16.2. The maximum absolute atomic E-state index is 12.6. The molecule has 5 heteroatoms. The van der Waals surface area contributed by atoms with Crippen molar-refractivity contribution in [3.05, 3.63) is 0 Å². The van der Waals surface area contributed by atoms with Gasteiger partial charge in [-0.3, -0.25) is 9.69 Å². The van der Waals surface area contributed by atoms with Crippen molar-refractivity contribution in [2.45, 2.75) is 45.2 Å². The summed E-state index contributed by atoms with van der Waals surface area (Å²) in [5.74, 6) is 0.189. The van der Waals surface area contributed by atoms with Crippen molar-refractivity contribution in [2.24, 2.45) is 0 Å². The van der Waals surface area contributed by atoms with Gasteiger partial charge in [0.05, 0.1) is 5.54 Å². The lowest BCUT2D eigenvalue weighted by Crippen LogP contribution is -2.61. The fraction of sp³-hybridized carbons (Fsp3) is 0.933. The molecule has 0 aromatic carbocycles. The topological polar surface area (TPSA) is 47.6 Å². The smallest absolute Gasteiger partial charge is 0.240 e. The lowest BCUT2D eigenvalue weighted by molar-refractivity contribution is -0.133. The number of likely N-dealkylation sites (tertiary alicyclic amines) is 1. The zero-order valence-corrected chi connectivity index (χ0v) is 13.2. The number of carbonyl (C=O) groups is 1. The molecular weight excluding hydrogens is 252 g/mol. The Morgan fingerprint density at radius 1 is 1.20 bits per heavy atom. The Bertz CT molecular complexity index is 318. The summed E-state index contributed by atoms with van der Waals surface area (Å²) in [4.78, 5) is 17.3. The maximum Gasteiger partial charge on any atom is 0.240 e. The summed E-state index contributed by atoms with van der Waals surface area (Å²) in [6.45, 7) is 13.5. The van der Waals surface area contributed by atoms with Crippen LogP contribution in [0.25, 0.3) is 0 Å². The minimum atomic E-state index is -0.399. The number of hydrogen-bond acceptors (Lipinski definition) is 4. The third-order valence-corrected chi connectivity index (χ3v) is 4.83. The first-order valence-corrected chi connectivity index (χ1v) is 8.03. The molecule has 2 aliphatic heterocycles. The highest BCUT2D eigenvalue weighted by Gasteiger charge is 2.36. The number of piperidine rings is 1. The average molecular weight is 282 g/mol. The van der Waals surface area contributed by atoms with E-state index in [1.54, 1.807) is 0 Å². The molecule has 5 nitrogen and oxygen atoms in total. The molecule has 2 fully saturated rings. The van der Waals surface area contributed by atoms with Gasteiger partial charge in [0.25, 0.3) is 0 Å². The monoisotopic (exact) mass is 282 g/mol. The van der Waals surface area contributed by atoms with Crippen LogP contribution in [0.15, 0.2) is 0 Å². The number of carbonyl (C=O) groups excluding carboxylic acids is 1. The van der Waals surface area contributed by atoms with E-state index < -0.39 is 5.54 Å². The van der Waals surface area contributed by atoms with E-state index in [9.17, 15) is 4.79 Å². The minimum absolute atomic E-state index is 0.189. The van der Waals surface area contributed by atoms with Gasteiger partial charge in [0.15, 0.2) is 0 Å². The predicted octanol–water partition coefficient (Wildman–Crippen LogP) is 0.271. The molecule has 0 saturated carbocycles. The van der Waals surface area contributed by atoms with Crippen molar-refractivity contribution in [2.75, 3.05) is 45.8 Å². The predicted molar refractivity (Wildman–Crippen MR) is 81.8 cm³/mol. The van der Waals surface area contributed by atoms with Gasteiger partial charge in [-0.1, -0.05) is 6.92 Å². The molecule has 2 saturated heterocycles. The molecule has 0 radical (unpaired) electrons. The van der Waals surface area contributed by atoms with E-state index in [0.29, 0.717) is 6.04 Å². The average Bonchev–Trinajstić information content (AvgIpc) is 2.49. The van der Waals surface area contributed by atoms with E-state index in [0.717, 1.165) is 58.7 Å². The summed E-state index contributed by atoms with van der Waals surface area (Å²) in [7, 11) is 0. The summed E-state index contributed by atoms with van der Waals surface area (Å²) >= 11 is 0. The molecule has 0 spiro atoms. The SMILES string of the molecule is CCN1CCC(NC(=O)C(C)(C)N2CCNCC2)CC1. The second kappa shape index (κ2) is 6.87. The van der Waals surface area contributed by atoms with Gasteiger partial charge >= 0.3 is 0 Å². The zero-order valence-electron chi connectivity index (χ0n) is 13.2. The first-order valence-electron chi connectivity index (χ1n) is 8.03. The molecule has 2 aliphatic rings. The molecule has 0 unspecified atom stereocenters. The number of hydrogen-bond donors (Lipinski definition) is 2. The zero-order chi connectivity index (χ0) is 14.6. The fourth-order valence-corrected chi connectivity index (χ4v) is 3.12. The molecule has 1 amide bonds. The van der Waals surface area contributed by atoms with E-state index in [4.69, 9.17) is 0 Å². The normalized spacial score (nSPS) is 23.8. The second-order valence-corrected chi connectivity index (χ2v) is 6.48. The number of amides is 1. The van der Waals surface area contributed by atoms with Crippen molar-refractivity contribution >= 4 is 5.91 Å². The molecular formula is C15H30N4O. The molecule has 116 valence electrons. The van der Waals surface area contributed by atoms with Crippen LogP contribution in [0.4, 0.5) is 0 Å². The van der Waals surface area contributed by atoms with Crippen LogP contribution in [0.3, 0.4) is 0 Å². The van der Waals surface area contributed by atoms with Crippen molar-refractivity contribution in [1.82, 2.24) is 20.4 Å². The molecule has 0 bridgehead atoms. The van der Waals surface area contributed by atoms with Gasteiger partial charge in [0.2, 0.25) is 5.91 Å². The molecule has 2 rings (SSSR count). The van der Waals surface area contributed by atoms with Crippen molar-refractivity contribution < 1.29 is 4.79 Å². The van der Waals surface area contributed by atoms with Gasteiger partial charge < -0.3 is 15.5 Å². The van der Waals surface area contributed by atoms with Crippen LogP contribution in [0.2, 0.25) is 0 Å². The quantitative estimate of drug-likeness (QED) is 0.777. The third-order valence-electron chi connectivity index (χ3n) is 4.83. The first kappa shape index (κ1) is 15.7. The Labute approximate surface area is 123 Å². The standard InChI is InChI=1S/C15H30N4O/c1-4-18-9-5-13(6-10-18)17-14(20)15(2,3)19-11-7-16-8-12-19/h13,16H,4-12H2,1-3H3,(H,17,20). The van der Waals surface area contributed by atoms with Gasteiger partial charge in [-0.2, -0.15) is 0 Å². The van der Waals surface area contributed by atoms with Crippen molar-refractivity contribution in [3.8, 4) is 0 Å². The molecule has 0 aromatic heterocycles. The third kappa shape index (κ3) is 3.71. The Kier molecular flexibility index (Phi) is 5.41. The molecule has 20 heavy (non-hydrogen) atoms. The largest absolute Gasteiger partial charge is 0.352 e. The van der Waals surface area contributed by atoms with Gasteiger partial charge in [-0.05, 0) is 33.2 Å². The molecule has 2 N–H and O–H groups in total. The number of rotatable bonds is 4. The van der Waals surface area contributed by atoms with E-state index in [2.05, 4.69) is 41.2 Å². The Balaban J connectivity index is 1.84. The number of nitrogens with one attached hydrogen (secondary N) is 2. The van der Waals surface area contributed by atoms with Crippen LogP contribution in [-0.4, -0.2) is 73.1 Å². The molecule has 2 heterocycles. The Morgan fingerprint density at radius 3 is 2.35 bits per heavy atom. The molecule has 0 aliphatic carbocycles. The van der Waals surface area contributed by atoms with Gasteiger partial charge in [0.1, 0.15) is 0 Å². The lowest BCUT2D eigenvalue weighted by Gasteiger charge is -2.41. The van der Waals surface area contributed by atoms with Crippen LogP contribution < -0.4 is 10.6 Å². The lowest BCUT2D eigenvalue weighted by atomic mass is 9.98. The van der Waals surface area contributed by atoms with Gasteiger partial charge in [-0.25, -0.2) is 0 Å². The van der Waals surface area contributed by atoms with Gasteiger partial charge in [-0.15, -0.1) is 0 Å². The van der Waals surface area contributed by atoms with Crippen LogP contribution in [0.5, 0.6) is 0 Å². The molecule has 0 atom stereocenters. The summed E-state index contributed by atoms with van der Waals surface area (Å²) < 4.78 is 0. The molecule has 0 aromatic rings. The highest BCUT2D eigenvalue weighted by Crippen LogP contribution is 2.17. The van der Waals surface area contributed by atoms with E-state index in [1.807, 2.05) is 0 Å². The number of piperazine rings is 1. The van der Waals surface area contributed by atoms with Crippen molar-refractivity contribution in [3.63, 3.8) is 0 Å². The van der Waals surface area contributed by atoms with E-state index in [-0.39, 0.29) is 5.91 Å². The Hall–Kier alpha value is -0.650. The highest BCUT2D eigenvalue weighted by molar-refractivity contribution is 5.85.